The molecule has 2 unspecified atom stereocenters. The van der Waals surface area contributed by atoms with E-state index in [0.717, 1.165) is 116 Å². The molecule has 0 aliphatic heterocycles. The number of esters is 4. The highest BCUT2D eigenvalue weighted by Gasteiger charge is 2.30. The molecule has 0 radical (unpaired) electrons. The molecule has 3 N–H and O–H groups in total. The van der Waals surface area contributed by atoms with Gasteiger partial charge in [-0.1, -0.05) is 362 Å². The molecule has 5 atom stereocenters. The van der Waals surface area contributed by atoms with E-state index in [4.69, 9.17) is 37.0 Å². The van der Waals surface area contributed by atoms with Crippen molar-refractivity contribution in [3.8, 4) is 0 Å². The van der Waals surface area contributed by atoms with Crippen molar-refractivity contribution in [3.63, 3.8) is 0 Å². The Bertz CT molecular complexity index is 1830. The maximum atomic E-state index is 13.1. The van der Waals surface area contributed by atoms with Gasteiger partial charge >= 0.3 is 39.5 Å². The number of aliphatic hydroxyl groups excluding tert-OH is 1. The Labute approximate surface area is 588 Å². The molecule has 570 valence electrons. The molecular weight excluding hydrogens is 1260 g/mol. The predicted molar refractivity (Wildman–Crippen MR) is 391 cm³/mol. The summed E-state index contributed by atoms with van der Waals surface area (Å²) in [5.41, 5.74) is 0. The molecule has 0 aromatic heterocycles. The number of unbranched alkanes of at least 4 members (excludes halogenated alkanes) is 52. The molecule has 96 heavy (non-hydrogen) atoms. The highest BCUT2D eigenvalue weighted by atomic mass is 31.2. The van der Waals surface area contributed by atoms with Gasteiger partial charge in [-0.15, -0.1) is 0 Å². The summed E-state index contributed by atoms with van der Waals surface area (Å²) in [6.07, 6.45) is 63.1. The van der Waals surface area contributed by atoms with Crippen LogP contribution in [0.4, 0.5) is 0 Å². The van der Waals surface area contributed by atoms with Crippen molar-refractivity contribution in [2.75, 3.05) is 39.6 Å². The van der Waals surface area contributed by atoms with Gasteiger partial charge in [0.05, 0.1) is 26.4 Å². The molecule has 0 amide bonds. The molecule has 19 heteroatoms. The van der Waals surface area contributed by atoms with Gasteiger partial charge in [0.2, 0.25) is 0 Å². The van der Waals surface area contributed by atoms with Crippen molar-refractivity contribution < 1.29 is 80.2 Å². The van der Waals surface area contributed by atoms with Crippen molar-refractivity contribution in [3.05, 3.63) is 0 Å². The third-order valence-corrected chi connectivity index (χ3v) is 20.0. The molecule has 0 heterocycles. The van der Waals surface area contributed by atoms with Crippen LogP contribution in [0.2, 0.25) is 0 Å². The second-order valence-electron chi connectivity index (χ2n) is 27.7. The van der Waals surface area contributed by atoms with E-state index in [1.807, 2.05) is 0 Å². The van der Waals surface area contributed by atoms with E-state index in [2.05, 4.69) is 27.7 Å². The minimum Gasteiger partial charge on any atom is -0.462 e. The van der Waals surface area contributed by atoms with Crippen LogP contribution in [0.5, 0.6) is 0 Å². The molecule has 0 aromatic carbocycles. The van der Waals surface area contributed by atoms with Gasteiger partial charge in [-0.25, -0.2) is 9.13 Å². The Morgan fingerprint density at radius 2 is 0.417 bits per heavy atom. The zero-order valence-electron chi connectivity index (χ0n) is 62.4. The number of hydrogen-bond donors (Lipinski definition) is 3. The average Bonchev–Trinajstić information content (AvgIpc) is 1.99. The van der Waals surface area contributed by atoms with E-state index in [0.29, 0.717) is 25.7 Å². The Morgan fingerprint density at radius 3 is 0.615 bits per heavy atom. The SMILES string of the molecule is CCCCCCCCCCCCCCCCCCCCCCCCC(=O)O[C@H](COC(=O)CCCCCCCCCCCCCCCCCCCCCC)COP(=O)(O)OC[C@@H](O)COP(=O)(O)OC[C@@H](COC(=O)CCCCCCCCC)OC(=O)CCCCCCCCC. The summed E-state index contributed by atoms with van der Waals surface area (Å²) in [5.74, 6) is -2.12. The number of ether oxygens (including phenoxy) is 4. The number of aliphatic hydroxyl groups is 1. The maximum Gasteiger partial charge on any atom is 0.472 e. The minimum absolute atomic E-state index is 0.104. The van der Waals surface area contributed by atoms with Crippen molar-refractivity contribution in [2.24, 2.45) is 0 Å². The van der Waals surface area contributed by atoms with E-state index in [-0.39, 0.29) is 25.7 Å². The molecule has 0 bridgehead atoms. The molecule has 0 spiro atoms. The number of hydrogen-bond acceptors (Lipinski definition) is 15. The average molecular weight is 1410 g/mol. The zero-order chi connectivity index (χ0) is 70.4. The predicted octanol–water partition coefficient (Wildman–Crippen LogP) is 23.0. The number of carbonyl (C=O) groups is 4. The summed E-state index contributed by atoms with van der Waals surface area (Å²) in [7, 11) is -9.89. The quantitative estimate of drug-likeness (QED) is 0.0222. The Kier molecular flexibility index (Phi) is 70.0. The van der Waals surface area contributed by atoms with Crippen LogP contribution in [0.15, 0.2) is 0 Å². The first-order valence-electron chi connectivity index (χ1n) is 40.3. The van der Waals surface area contributed by atoms with Crippen molar-refractivity contribution >= 4 is 39.5 Å². The first kappa shape index (κ1) is 94.1. The first-order chi connectivity index (χ1) is 46.7. The summed E-state index contributed by atoms with van der Waals surface area (Å²) < 4.78 is 68.2. The molecule has 0 saturated carbocycles. The van der Waals surface area contributed by atoms with E-state index in [1.54, 1.807) is 0 Å². The molecule has 0 aliphatic carbocycles. The van der Waals surface area contributed by atoms with E-state index in [1.165, 1.54) is 218 Å². The van der Waals surface area contributed by atoms with E-state index >= 15 is 0 Å². The Hall–Kier alpha value is -1.94. The van der Waals surface area contributed by atoms with Crippen molar-refractivity contribution in [1.82, 2.24) is 0 Å². The summed E-state index contributed by atoms with van der Waals surface area (Å²) in [5, 5.41) is 10.6. The molecule has 17 nitrogen and oxygen atoms in total. The lowest BCUT2D eigenvalue weighted by molar-refractivity contribution is -0.161. The molecule has 0 rings (SSSR count). The Morgan fingerprint density at radius 1 is 0.250 bits per heavy atom. The normalized spacial score (nSPS) is 13.9. The van der Waals surface area contributed by atoms with E-state index < -0.39 is 97.5 Å². The fourth-order valence-corrected chi connectivity index (χ4v) is 13.5. The smallest absolute Gasteiger partial charge is 0.462 e. The molecule has 0 saturated heterocycles. The van der Waals surface area contributed by atoms with Gasteiger partial charge in [0.1, 0.15) is 19.3 Å². The van der Waals surface area contributed by atoms with Crippen LogP contribution in [0.3, 0.4) is 0 Å². The molecule has 0 fully saturated rings. The minimum atomic E-state index is -4.95. The highest BCUT2D eigenvalue weighted by molar-refractivity contribution is 7.47. The lowest BCUT2D eigenvalue weighted by Crippen LogP contribution is -2.30. The van der Waals surface area contributed by atoms with Crippen LogP contribution in [0.25, 0.3) is 0 Å². The highest BCUT2D eigenvalue weighted by Crippen LogP contribution is 2.45. The van der Waals surface area contributed by atoms with Crippen molar-refractivity contribution in [1.29, 1.82) is 0 Å². The van der Waals surface area contributed by atoms with Gasteiger partial charge in [0.25, 0.3) is 0 Å². The first-order valence-corrected chi connectivity index (χ1v) is 43.3. The topological polar surface area (TPSA) is 237 Å². The van der Waals surface area contributed by atoms with Gasteiger partial charge < -0.3 is 33.8 Å². The van der Waals surface area contributed by atoms with Crippen LogP contribution in [0, 0.1) is 0 Å². The summed E-state index contributed by atoms with van der Waals surface area (Å²) in [6.45, 7) is 4.89. The van der Waals surface area contributed by atoms with Gasteiger partial charge in [-0.05, 0) is 25.7 Å². The van der Waals surface area contributed by atoms with Crippen molar-refractivity contribution in [2.45, 2.75) is 431 Å². The summed E-state index contributed by atoms with van der Waals surface area (Å²) in [4.78, 5) is 72.5. The summed E-state index contributed by atoms with van der Waals surface area (Å²) in [6, 6.07) is 0. The second kappa shape index (κ2) is 71.5. The number of rotatable bonds is 78. The summed E-state index contributed by atoms with van der Waals surface area (Å²) >= 11 is 0. The maximum absolute atomic E-state index is 13.1. The van der Waals surface area contributed by atoms with Crippen LogP contribution in [-0.4, -0.2) is 96.7 Å². The van der Waals surface area contributed by atoms with Crippen LogP contribution in [-0.2, 0) is 65.4 Å². The van der Waals surface area contributed by atoms with E-state index in [9.17, 15) is 43.2 Å². The van der Waals surface area contributed by atoms with Crippen LogP contribution >= 0.6 is 15.6 Å². The zero-order valence-corrected chi connectivity index (χ0v) is 64.1. The third kappa shape index (κ3) is 70.5. The van der Waals surface area contributed by atoms with Crippen LogP contribution in [0.1, 0.15) is 413 Å². The number of phosphoric ester groups is 2. The lowest BCUT2D eigenvalue weighted by atomic mass is 10.0. The van der Waals surface area contributed by atoms with Gasteiger partial charge in [0, 0.05) is 25.7 Å². The fourth-order valence-electron chi connectivity index (χ4n) is 11.9. The van der Waals surface area contributed by atoms with Gasteiger partial charge in [0.15, 0.2) is 12.2 Å². The largest absolute Gasteiger partial charge is 0.472 e. The standard InChI is InChI=1S/C77H150O17P2/c1-5-9-13-17-21-23-25-27-29-31-33-35-36-38-40-42-44-46-48-52-56-60-64-77(82)94-73(68-88-75(80)62-58-54-51-47-45-43-41-39-37-34-32-30-28-26-24-22-18-14-10-6-2)70-92-96(85,86)90-66-71(78)65-89-95(83,84)91-69-72(93-76(81)63-59-55-50-20-16-12-8-4)67-87-74(79)61-57-53-49-19-15-11-7-3/h71-73,78H,5-70H2,1-4H3,(H,83,84)(H,85,86)/t71-,72+,73+/m0/s1. The fraction of sp³-hybridized carbons (Fsp3) is 0.948. The molecule has 0 aliphatic rings. The Balaban J connectivity index is 5.08. The van der Waals surface area contributed by atoms with Crippen LogP contribution < -0.4 is 0 Å². The lowest BCUT2D eigenvalue weighted by Gasteiger charge is -2.21. The molecule has 0 aromatic rings. The van der Waals surface area contributed by atoms with Gasteiger partial charge in [-0.2, -0.15) is 0 Å². The third-order valence-electron chi connectivity index (χ3n) is 18.1. The monoisotopic (exact) mass is 1410 g/mol. The molecular formula is C77H150O17P2. The second-order valence-corrected chi connectivity index (χ2v) is 30.7. The van der Waals surface area contributed by atoms with Gasteiger partial charge in [-0.3, -0.25) is 37.3 Å². The number of phosphoric acid groups is 2. The number of carbonyl (C=O) groups excluding carboxylic acids is 4.